The van der Waals surface area contributed by atoms with Gasteiger partial charge in [-0.2, -0.15) is 0 Å². The summed E-state index contributed by atoms with van der Waals surface area (Å²) in [6.07, 6.45) is 5.55. The summed E-state index contributed by atoms with van der Waals surface area (Å²) >= 11 is 1.69. The molecule has 66 valence electrons. The van der Waals surface area contributed by atoms with E-state index >= 15 is 0 Å². The smallest absolute Gasteiger partial charge is 0.0122 e. The van der Waals surface area contributed by atoms with Crippen LogP contribution in [0.3, 0.4) is 0 Å². The first-order valence-electron chi connectivity index (χ1n) is 4.05. The molecule has 0 unspecified atom stereocenters. The molecule has 0 amide bonds. The first-order valence-corrected chi connectivity index (χ1v) is 4.86. The fourth-order valence-electron chi connectivity index (χ4n) is 0.885. The Morgan fingerprint density at radius 2 is 1.85 bits per heavy atom. The van der Waals surface area contributed by atoms with Gasteiger partial charge in [0.2, 0.25) is 0 Å². The third-order valence-electron chi connectivity index (χ3n) is 1.46. The van der Waals surface area contributed by atoms with Crippen LogP contribution in [0.5, 0.6) is 0 Å². The molecular weight excluding hydrogens is 176 g/mol. The minimum Gasteiger partial charge on any atom is -0.0990 e. The van der Waals surface area contributed by atoms with Crippen molar-refractivity contribution in [3.63, 3.8) is 0 Å². The van der Waals surface area contributed by atoms with Gasteiger partial charge in [0.05, 0.1) is 0 Å². The molecule has 1 rings (SSSR count). The van der Waals surface area contributed by atoms with E-state index in [0.29, 0.717) is 0 Å². The normalized spacial score (nSPS) is 10.9. The standard InChI is InChI=1S/C12H12S/c1-3-8-11(4-2)13-12-9-6-5-7-10-12/h3-10H,1-2H2/b11-8+. The minimum atomic E-state index is 1.11. The van der Waals surface area contributed by atoms with Gasteiger partial charge >= 0.3 is 0 Å². The van der Waals surface area contributed by atoms with Crippen molar-refractivity contribution in [1.82, 2.24) is 0 Å². The summed E-state index contributed by atoms with van der Waals surface area (Å²) in [5.41, 5.74) is 0. The molecule has 1 aromatic rings. The van der Waals surface area contributed by atoms with E-state index in [1.807, 2.05) is 30.4 Å². The molecular formula is C12H12S. The van der Waals surface area contributed by atoms with Gasteiger partial charge in [-0.15, -0.1) is 0 Å². The van der Waals surface area contributed by atoms with Crippen molar-refractivity contribution in [3.8, 4) is 0 Å². The van der Waals surface area contributed by atoms with Crippen molar-refractivity contribution in [2.24, 2.45) is 0 Å². The molecule has 0 nitrogen and oxygen atoms in total. The van der Waals surface area contributed by atoms with E-state index in [2.05, 4.69) is 25.3 Å². The lowest BCUT2D eigenvalue weighted by Gasteiger charge is -1.99. The molecule has 0 aliphatic heterocycles. The lowest BCUT2D eigenvalue weighted by atomic mass is 10.4. The highest BCUT2D eigenvalue weighted by Gasteiger charge is 1.93. The second-order valence-electron chi connectivity index (χ2n) is 2.42. The van der Waals surface area contributed by atoms with Crippen LogP contribution in [0.2, 0.25) is 0 Å². The Balaban J connectivity index is 2.73. The maximum atomic E-state index is 3.74. The van der Waals surface area contributed by atoms with Crippen LogP contribution in [-0.2, 0) is 0 Å². The molecule has 0 fully saturated rings. The van der Waals surface area contributed by atoms with Gasteiger partial charge in [-0.1, -0.05) is 55.3 Å². The quantitative estimate of drug-likeness (QED) is 0.507. The number of thioether (sulfide) groups is 1. The molecule has 0 heterocycles. The summed E-state index contributed by atoms with van der Waals surface area (Å²) < 4.78 is 0. The van der Waals surface area contributed by atoms with Crippen molar-refractivity contribution in [1.29, 1.82) is 0 Å². The number of benzene rings is 1. The predicted octanol–water partition coefficient (Wildman–Crippen LogP) is 4.03. The zero-order valence-corrected chi connectivity index (χ0v) is 8.26. The Morgan fingerprint density at radius 1 is 1.15 bits per heavy atom. The highest BCUT2D eigenvalue weighted by atomic mass is 32.2. The van der Waals surface area contributed by atoms with Crippen LogP contribution in [0.15, 0.2) is 71.5 Å². The predicted molar refractivity (Wildman–Crippen MR) is 60.8 cm³/mol. The molecule has 0 N–H and O–H groups in total. The van der Waals surface area contributed by atoms with Crippen LogP contribution in [-0.4, -0.2) is 0 Å². The molecule has 0 bridgehead atoms. The van der Waals surface area contributed by atoms with Gasteiger partial charge in [0.25, 0.3) is 0 Å². The van der Waals surface area contributed by atoms with E-state index < -0.39 is 0 Å². The topological polar surface area (TPSA) is 0 Å². The van der Waals surface area contributed by atoms with Gasteiger partial charge in [-0.3, -0.25) is 0 Å². The molecule has 0 saturated carbocycles. The zero-order chi connectivity index (χ0) is 9.52. The molecule has 0 aliphatic carbocycles. The van der Waals surface area contributed by atoms with Gasteiger partial charge in [0, 0.05) is 9.80 Å². The van der Waals surface area contributed by atoms with Crippen LogP contribution < -0.4 is 0 Å². The third kappa shape index (κ3) is 3.34. The van der Waals surface area contributed by atoms with Gasteiger partial charge in [0.1, 0.15) is 0 Å². The van der Waals surface area contributed by atoms with E-state index in [0.717, 1.165) is 4.91 Å². The lowest BCUT2D eigenvalue weighted by Crippen LogP contribution is -1.71. The van der Waals surface area contributed by atoms with E-state index in [1.54, 1.807) is 17.8 Å². The van der Waals surface area contributed by atoms with E-state index in [1.165, 1.54) is 4.90 Å². The average molecular weight is 188 g/mol. The molecule has 0 atom stereocenters. The van der Waals surface area contributed by atoms with E-state index in [4.69, 9.17) is 0 Å². The highest BCUT2D eigenvalue weighted by molar-refractivity contribution is 8.03. The SMILES string of the molecule is C=C/C=C(\C=C)Sc1ccccc1. The number of rotatable bonds is 4. The van der Waals surface area contributed by atoms with Crippen molar-refractivity contribution in [2.45, 2.75) is 4.90 Å². The van der Waals surface area contributed by atoms with Crippen LogP contribution in [0.25, 0.3) is 0 Å². The largest absolute Gasteiger partial charge is 0.0990 e. The Bertz CT molecular complexity index is 309. The van der Waals surface area contributed by atoms with Crippen molar-refractivity contribution >= 4 is 11.8 Å². The number of hydrogen-bond acceptors (Lipinski definition) is 1. The first kappa shape index (κ1) is 9.87. The van der Waals surface area contributed by atoms with Gasteiger partial charge in [-0.05, 0) is 18.2 Å². The zero-order valence-electron chi connectivity index (χ0n) is 7.44. The summed E-state index contributed by atoms with van der Waals surface area (Å²) in [5, 5.41) is 0. The van der Waals surface area contributed by atoms with Gasteiger partial charge in [0.15, 0.2) is 0 Å². The summed E-state index contributed by atoms with van der Waals surface area (Å²) in [6.45, 7) is 7.39. The Hall–Kier alpha value is -1.21. The average Bonchev–Trinajstić information content (AvgIpc) is 2.19. The second kappa shape index (κ2) is 5.44. The van der Waals surface area contributed by atoms with Crippen molar-refractivity contribution in [3.05, 3.63) is 66.6 Å². The Morgan fingerprint density at radius 3 is 2.38 bits per heavy atom. The maximum Gasteiger partial charge on any atom is 0.0122 e. The molecule has 0 radical (unpaired) electrons. The summed E-state index contributed by atoms with van der Waals surface area (Å²) in [6, 6.07) is 10.2. The third-order valence-corrected chi connectivity index (χ3v) is 2.51. The maximum absolute atomic E-state index is 3.74. The van der Waals surface area contributed by atoms with E-state index in [-0.39, 0.29) is 0 Å². The summed E-state index contributed by atoms with van der Waals surface area (Å²) in [7, 11) is 0. The van der Waals surface area contributed by atoms with E-state index in [9.17, 15) is 0 Å². The van der Waals surface area contributed by atoms with Crippen LogP contribution in [0.1, 0.15) is 0 Å². The van der Waals surface area contributed by atoms with Gasteiger partial charge < -0.3 is 0 Å². The molecule has 0 aliphatic rings. The minimum absolute atomic E-state index is 1.11. The monoisotopic (exact) mass is 188 g/mol. The Labute approximate surface area is 83.7 Å². The fourth-order valence-corrected chi connectivity index (χ4v) is 1.70. The number of allylic oxidation sites excluding steroid dienone is 3. The summed E-state index contributed by atoms with van der Waals surface area (Å²) in [4.78, 5) is 2.33. The fraction of sp³-hybridized carbons (Fsp3) is 0. The first-order chi connectivity index (χ1) is 6.36. The number of hydrogen-bond donors (Lipinski definition) is 0. The molecule has 13 heavy (non-hydrogen) atoms. The van der Waals surface area contributed by atoms with Gasteiger partial charge in [-0.25, -0.2) is 0 Å². The molecule has 0 spiro atoms. The highest BCUT2D eigenvalue weighted by Crippen LogP contribution is 2.26. The van der Waals surface area contributed by atoms with Crippen molar-refractivity contribution < 1.29 is 0 Å². The van der Waals surface area contributed by atoms with Crippen LogP contribution >= 0.6 is 11.8 Å². The Kier molecular flexibility index (Phi) is 4.13. The van der Waals surface area contributed by atoms with Crippen LogP contribution in [0, 0.1) is 0 Å². The van der Waals surface area contributed by atoms with Crippen LogP contribution in [0.4, 0.5) is 0 Å². The van der Waals surface area contributed by atoms with Crippen molar-refractivity contribution in [2.75, 3.05) is 0 Å². The summed E-state index contributed by atoms with van der Waals surface area (Å²) in [5.74, 6) is 0. The molecule has 0 aromatic heterocycles. The molecule has 0 saturated heterocycles. The lowest BCUT2D eigenvalue weighted by molar-refractivity contribution is 1.47. The molecule has 1 aromatic carbocycles. The molecule has 1 heteroatoms. The second-order valence-corrected chi connectivity index (χ2v) is 3.57.